The number of amides is 1. The summed E-state index contributed by atoms with van der Waals surface area (Å²) in [5.41, 5.74) is 0. The molecule has 1 atom stereocenters. The molecule has 19 heavy (non-hydrogen) atoms. The van der Waals surface area contributed by atoms with Gasteiger partial charge in [-0.3, -0.25) is 4.79 Å². The predicted octanol–water partition coefficient (Wildman–Crippen LogP) is 1.75. The van der Waals surface area contributed by atoms with Crippen LogP contribution in [0.25, 0.3) is 0 Å². The minimum Gasteiger partial charge on any atom is -0.383 e. The summed E-state index contributed by atoms with van der Waals surface area (Å²) >= 11 is 1.71. The van der Waals surface area contributed by atoms with Gasteiger partial charge in [-0.05, 0) is 19.4 Å². The molecule has 1 unspecified atom stereocenters. The van der Waals surface area contributed by atoms with Crippen LogP contribution in [-0.4, -0.2) is 60.7 Å². The fraction of sp³-hybridized carbons (Fsp3) is 0.929. The Morgan fingerprint density at radius 1 is 1.47 bits per heavy atom. The highest BCUT2D eigenvalue weighted by molar-refractivity contribution is 8.01. The van der Waals surface area contributed by atoms with Crippen LogP contribution in [0, 0.1) is 0 Å². The first-order chi connectivity index (χ1) is 8.92. The molecule has 1 rings (SSSR count). The van der Waals surface area contributed by atoms with E-state index in [1.807, 2.05) is 4.90 Å². The van der Waals surface area contributed by atoms with Crippen LogP contribution >= 0.6 is 11.8 Å². The van der Waals surface area contributed by atoms with Gasteiger partial charge in [0.05, 0.1) is 12.4 Å². The van der Waals surface area contributed by atoms with Crippen molar-refractivity contribution in [1.82, 2.24) is 10.2 Å². The van der Waals surface area contributed by atoms with Gasteiger partial charge in [-0.2, -0.15) is 0 Å². The van der Waals surface area contributed by atoms with Crippen LogP contribution < -0.4 is 5.32 Å². The predicted molar refractivity (Wildman–Crippen MR) is 81.7 cm³/mol. The summed E-state index contributed by atoms with van der Waals surface area (Å²) in [6.07, 6.45) is 2.39. The lowest BCUT2D eigenvalue weighted by molar-refractivity contribution is -0.129. The molecule has 0 spiro atoms. The number of nitrogens with one attached hydrogen (secondary N) is 1. The number of hydrogen-bond donors (Lipinski definition) is 1. The lowest BCUT2D eigenvalue weighted by atomic mass is 10.2. The van der Waals surface area contributed by atoms with Gasteiger partial charge in [-0.25, -0.2) is 0 Å². The molecule has 0 aromatic heterocycles. The van der Waals surface area contributed by atoms with E-state index in [1.54, 1.807) is 18.9 Å². The molecular weight excluding hydrogens is 260 g/mol. The Balaban J connectivity index is 2.43. The highest BCUT2D eigenvalue weighted by atomic mass is 32.2. The second-order valence-corrected chi connectivity index (χ2v) is 7.83. The van der Waals surface area contributed by atoms with E-state index in [0.29, 0.717) is 24.9 Å². The van der Waals surface area contributed by atoms with Crippen LogP contribution in [0.15, 0.2) is 0 Å². The number of ether oxygens (including phenoxy) is 1. The van der Waals surface area contributed by atoms with Gasteiger partial charge in [-0.15, -0.1) is 11.8 Å². The lowest BCUT2D eigenvalue weighted by Crippen LogP contribution is -2.43. The second-order valence-electron chi connectivity index (χ2n) is 6.03. The van der Waals surface area contributed by atoms with E-state index in [1.165, 1.54) is 12.8 Å². The average Bonchev–Trinajstić information content (AvgIpc) is 2.83. The maximum Gasteiger partial charge on any atom is 0.232 e. The van der Waals surface area contributed by atoms with Crippen molar-refractivity contribution in [2.45, 2.75) is 44.4 Å². The fourth-order valence-corrected chi connectivity index (χ4v) is 2.81. The van der Waals surface area contributed by atoms with Crippen LogP contribution in [0.4, 0.5) is 0 Å². The van der Waals surface area contributed by atoms with Crippen LogP contribution in [0.2, 0.25) is 0 Å². The molecule has 1 aliphatic heterocycles. The molecule has 0 aromatic carbocycles. The molecule has 0 aromatic rings. The van der Waals surface area contributed by atoms with Gasteiger partial charge in [0.25, 0.3) is 0 Å². The number of methoxy groups -OCH3 is 1. The first-order valence-electron chi connectivity index (χ1n) is 7.06. The number of carbonyl (C=O) groups excluding carboxylic acids is 1. The van der Waals surface area contributed by atoms with Gasteiger partial charge >= 0.3 is 0 Å². The smallest absolute Gasteiger partial charge is 0.232 e. The number of thioether (sulfide) groups is 1. The van der Waals surface area contributed by atoms with Crippen LogP contribution in [-0.2, 0) is 9.53 Å². The van der Waals surface area contributed by atoms with Crippen molar-refractivity contribution in [3.8, 4) is 0 Å². The summed E-state index contributed by atoms with van der Waals surface area (Å²) in [6.45, 7) is 9.62. The Labute approximate surface area is 121 Å². The van der Waals surface area contributed by atoms with Gasteiger partial charge in [-0.1, -0.05) is 20.8 Å². The van der Waals surface area contributed by atoms with Gasteiger partial charge in [0.1, 0.15) is 0 Å². The largest absolute Gasteiger partial charge is 0.383 e. The van der Waals surface area contributed by atoms with Gasteiger partial charge in [0.15, 0.2) is 0 Å². The summed E-state index contributed by atoms with van der Waals surface area (Å²) in [5, 5.41) is 3.45. The van der Waals surface area contributed by atoms with Crippen LogP contribution in [0.3, 0.4) is 0 Å². The first kappa shape index (κ1) is 16.8. The SMILES string of the molecule is COCCN(CC1CCCN1)C(=O)CSC(C)(C)C. The second kappa shape index (κ2) is 8.12. The third kappa shape index (κ3) is 7.18. The summed E-state index contributed by atoms with van der Waals surface area (Å²) < 4.78 is 5.24. The molecule has 5 heteroatoms. The Bertz CT molecular complexity index is 273. The van der Waals surface area contributed by atoms with Crippen LogP contribution in [0.1, 0.15) is 33.6 Å². The monoisotopic (exact) mass is 288 g/mol. The maximum atomic E-state index is 12.3. The molecule has 1 amide bonds. The van der Waals surface area contributed by atoms with E-state index in [-0.39, 0.29) is 10.7 Å². The van der Waals surface area contributed by atoms with Crippen molar-refractivity contribution in [1.29, 1.82) is 0 Å². The highest BCUT2D eigenvalue weighted by Crippen LogP contribution is 2.23. The number of carbonyl (C=O) groups is 1. The summed E-state index contributed by atoms with van der Waals surface area (Å²) in [7, 11) is 1.68. The third-order valence-corrected chi connectivity index (χ3v) is 4.41. The van der Waals surface area contributed by atoms with E-state index in [4.69, 9.17) is 4.74 Å². The van der Waals surface area contributed by atoms with E-state index in [0.717, 1.165) is 13.1 Å². The number of hydrogen-bond acceptors (Lipinski definition) is 4. The van der Waals surface area contributed by atoms with Gasteiger partial charge in [0.2, 0.25) is 5.91 Å². The van der Waals surface area contributed by atoms with E-state index >= 15 is 0 Å². The minimum atomic E-state index is 0.133. The molecule has 1 N–H and O–H groups in total. The third-order valence-electron chi connectivity index (χ3n) is 3.15. The molecule has 0 saturated carbocycles. The fourth-order valence-electron chi connectivity index (χ4n) is 2.07. The van der Waals surface area contributed by atoms with E-state index < -0.39 is 0 Å². The van der Waals surface area contributed by atoms with Crippen molar-refractivity contribution in [3.05, 3.63) is 0 Å². The molecule has 1 saturated heterocycles. The normalized spacial score (nSPS) is 19.7. The molecule has 1 aliphatic rings. The van der Waals surface area contributed by atoms with Crippen LogP contribution in [0.5, 0.6) is 0 Å². The Morgan fingerprint density at radius 3 is 2.74 bits per heavy atom. The van der Waals surface area contributed by atoms with E-state index in [2.05, 4.69) is 26.1 Å². The zero-order valence-electron chi connectivity index (χ0n) is 12.7. The Kier molecular flexibility index (Phi) is 7.18. The summed E-state index contributed by atoms with van der Waals surface area (Å²) in [5.74, 6) is 0.783. The summed E-state index contributed by atoms with van der Waals surface area (Å²) in [4.78, 5) is 14.3. The van der Waals surface area contributed by atoms with Crippen molar-refractivity contribution in [2.75, 3.05) is 39.1 Å². The van der Waals surface area contributed by atoms with Crippen molar-refractivity contribution < 1.29 is 9.53 Å². The molecule has 112 valence electrons. The molecule has 0 bridgehead atoms. The van der Waals surface area contributed by atoms with Gasteiger partial charge < -0.3 is 15.0 Å². The Morgan fingerprint density at radius 2 is 2.21 bits per heavy atom. The maximum absolute atomic E-state index is 12.3. The summed E-state index contributed by atoms with van der Waals surface area (Å²) in [6, 6.07) is 0.459. The molecule has 0 aliphatic carbocycles. The van der Waals surface area contributed by atoms with Crippen molar-refractivity contribution in [3.63, 3.8) is 0 Å². The minimum absolute atomic E-state index is 0.133. The highest BCUT2D eigenvalue weighted by Gasteiger charge is 2.22. The van der Waals surface area contributed by atoms with Gasteiger partial charge in [0, 0.05) is 31.0 Å². The van der Waals surface area contributed by atoms with Crippen molar-refractivity contribution >= 4 is 17.7 Å². The molecule has 1 heterocycles. The molecule has 0 radical (unpaired) electrons. The zero-order chi connectivity index (χ0) is 14.3. The average molecular weight is 288 g/mol. The van der Waals surface area contributed by atoms with E-state index in [9.17, 15) is 4.79 Å². The number of rotatable bonds is 7. The Hall–Kier alpha value is -0.260. The molecular formula is C14H28N2O2S. The quantitative estimate of drug-likeness (QED) is 0.775. The topological polar surface area (TPSA) is 41.6 Å². The molecule has 1 fully saturated rings. The zero-order valence-corrected chi connectivity index (χ0v) is 13.5. The first-order valence-corrected chi connectivity index (χ1v) is 8.05. The standard InChI is InChI=1S/C14H28N2O2S/c1-14(2,3)19-11-13(17)16(8-9-18-4)10-12-6-5-7-15-12/h12,15H,5-11H2,1-4H3. The molecule has 4 nitrogen and oxygen atoms in total. The van der Waals surface area contributed by atoms with Crippen molar-refractivity contribution in [2.24, 2.45) is 0 Å². The number of nitrogens with zero attached hydrogens (tertiary/aromatic N) is 1. The lowest BCUT2D eigenvalue weighted by Gasteiger charge is -2.27.